The third kappa shape index (κ3) is 26.0. The maximum Gasteiger partial charge on any atom is 0.481 e. The molecule has 26 heteroatoms. The van der Waals surface area contributed by atoms with E-state index >= 15 is 0 Å². The zero-order valence-corrected chi connectivity index (χ0v) is 51.9. The minimum absolute atomic E-state index is 0.0202. The van der Waals surface area contributed by atoms with Crippen molar-refractivity contribution >= 4 is 63.2 Å². The van der Waals surface area contributed by atoms with Crippen LogP contribution >= 0.6 is 15.6 Å². The molecule has 0 bridgehead atoms. The molecule has 0 saturated carbocycles. The number of allylic oxidation sites excluding steroid dienone is 1. The molecule has 0 aliphatic carbocycles. The number of cyclic esters (lactones) is 2. The number of rotatable bonds is 23. The van der Waals surface area contributed by atoms with E-state index < -0.39 is 124 Å². The predicted molar refractivity (Wildman–Crippen MR) is 306 cm³/mol. The van der Waals surface area contributed by atoms with Gasteiger partial charge in [0, 0.05) is 45.0 Å². The smallest absolute Gasteiger partial charge is 0.456 e. The Balaban J connectivity index is 2.51. The van der Waals surface area contributed by atoms with Gasteiger partial charge in [0.2, 0.25) is 23.6 Å². The number of ether oxygens (including phenoxy) is 3. The minimum atomic E-state index is -4.96. The van der Waals surface area contributed by atoms with E-state index in [2.05, 4.69) is 25.6 Å². The predicted octanol–water partition coefficient (Wildman–Crippen LogP) is 6.97. The summed E-state index contributed by atoms with van der Waals surface area (Å²) in [5, 5.41) is 10.7. The van der Waals surface area contributed by atoms with Crippen LogP contribution in [-0.2, 0) is 76.7 Å². The molecule has 6 amide bonds. The van der Waals surface area contributed by atoms with Crippen molar-refractivity contribution in [2.24, 2.45) is 17.8 Å². The van der Waals surface area contributed by atoms with Gasteiger partial charge in [-0.3, -0.25) is 33.0 Å². The van der Waals surface area contributed by atoms with Crippen molar-refractivity contribution in [2.75, 3.05) is 40.4 Å². The van der Waals surface area contributed by atoms with Crippen LogP contribution < -0.4 is 21.3 Å². The van der Waals surface area contributed by atoms with Crippen molar-refractivity contribution in [1.82, 2.24) is 31.1 Å². The molecule has 1 aliphatic rings. The number of unbranched alkanes of at least 4 members (excludes halogenated alkanes) is 5. The van der Waals surface area contributed by atoms with E-state index in [0.29, 0.717) is 36.8 Å². The molecule has 0 saturated heterocycles. The topological polar surface area (TPSA) is 321 Å². The van der Waals surface area contributed by atoms with Crippen LogP contribution in [-0.4, -0.2) is 150 Å². The van der Waals surface area contributed by atoms with Crippen LogP contribution in [0, 0.1) is 17.8 Å². The average molecular weight is 1200 g/mol. The Bertz CT molecular complexity index is 2430. The molecule has 1 aromatic carbocycles. The maximum atomic E-state index is 14.3. The van der Waals surface area contributed by atoms with Gasteiger partial charge in [0.15, 0.2) is 6.10 Å². The van der Waals surface area contributed by atoms with E-state index in [4.69, 9.17) is 23.3 Å². The third-order valence-electron chi connectivity index (χ3n) is 13.9. The number of nitrogens with zero attached hydrogens (tertiary/aromatic N) is 2. The third-order valence-corrected chi connectivity index (χ3v) is 16.5. The molecule has 2 rings (SSSR count). The molecule has 1 aromatic rings. The number of carbonyl (C=O) groups is 8. The number of hydrogen-bond donors (Lipinski definition) is 6. The molecule has 11 atom stereocenters. The molecular formula is C56H92N6O18P2. The van der Waals surface area contributed by atoms with Crippen molar-refractivity contribution in [3.63, 3.8) is 0 Å². The first-order valence-electron chi connectivity index (χ1n) is 28.2. The van der Waals surface area contributed by atoms with Crippen molar-refractivity contribution in [3.8, 4) is 0 Å². The molecule has 0 fully saturated rings. The Labute approximate surface area is 484 Å². The fraction of sp³-hybridized carbons (Fsp3) is 0.679. The molecule has 82 heavy (non-hydrogen) atoms. The highest BCUT2D eigenvalue weighted by Crippen LogP contribution is 2.60. The Morgan fingerprint density at radius 2 is 1.43 bits per heavy atom. The van der Waals surface area contributed by atoms with E-state index in [1.165, 1.54) is 45.8 Å². The molecule has 1 aliphatic heterocycles. The molecule has 0 spiro atoms. The fourth-order valence-electron chi connectivity index (χ4n) is 8.53. The van der Waals surface area contributed by atoms with E-state index in [1.54, 1.807) is 64.1 Å². The second-order valence-corrected chi connectivity index (χ2v) is 24.4. The van der Waals surface area contributed by atoms with Crippen LogP contribution in [0.3, 0.4) is 0 Å². The monoisotopic (exact) mass is 1200 g/mol. The second-order valence-electron chi connectivity index (χ2n) is 21.3. The number of benzene rings is 1. The summed E-state index contributed by atoms with van der Waals surface area (Å²) in [4.78, 5) is 134. The number of alkyl carbamates (subject to hydrolysis) is 1. The summed E-state index contributed by atoms with van der Waals surface area (Å²) in [6.45, 7) is 17.6. The number of phosphoric ester groups is 2. The van der Waals surface area contributed by atoms with Crippen LogP contribution in [0.5, 0.6) is 0 Å². The van der Waals surface area contributed by atoms with Crippen molar-refractivity contribution < 1.29 is 84.8 Å². The lowest BCUT2D eigenvalue weighted by Gasteiger charge is -2.33. The van der Waals surface area contributed by atoms with Gasteiger partial charge in [-0.2, -0.15) is 4.31 Å². The molecule has 0 radical (unpaired) electrons. The van der Waals surface area contributed by atoms with Gasteiger partial charge in [-0.05, 0) is 89.7 Å². The Morgan fingerprint density at radius 3 is 2.00 bits per heavy atom. The second kappa shape index (κ2) is 36.3. The van der Waals surface area contributed by atoms with E-state index in [-0.39, 0.29) is 56.9 Å². The number of esters is 2. The van der Waals surface area contributed by atoms with Gasteiger partial charge in [-0.15, -0.1) is 0 Å². The summed E-state index contributed by atoms with van der Waals surface area (Å²) in [5.41, 5.74) is 1.26. The van der Waals surface area contributed by atoms with E-state index in [1.807, 2.05) is 27.7 Å². The van der Waals surface area contributed by atoms with Crippen LogP contribution in [0.25, 0.3) is 0 Å². The Morgan fingerprint density at radius 1 is 0.829 bits per heavy atom. The number of amides is 6. The SMILES string of the molecule is C/C=C(\C)[C@H]1OC(=O)[C@@H](C)NC(=O)[C@H](C(C)CC)NC(=O)CN(C)C(=O)[C@@H](Cc2ccccc2)N(C)C(=O)[C@H](C)NC(=O)[C@@H](CC(C)C)OC(=O)/C(C)=C/C[C@H](OC(=O)NCCCCCOP(=O)(O)OP(=O)(O)OCCCCCC)[C@@H]1C. The number of hydrogen-bond acceptors (Lipinski definition) is 16. The molecule has 6 N–H and O–H groups in total. The average Bonchev–Trinajstić information content (AvgIpc) is 3.54. The number of likely N-dealkylation sites (N-methyl/N-ethyl adjacent to an activating group) is 2. The van der Waals surface area contributed by atoms with Crippen LogP contribution in [0.1, 0.15) is 146 Å². The lowest BCUT2D eigenvalue weighted by Crippen LogP contribution is -2.57. The highest BCUT2D eigenvalue weighted by atomic mass is 31.3. The van der Waals surface area contributed by atoms with Gasteiger partial charge in [0.1, 0.15) is 36.4 Å². The number of phosphoric acid groups is 2. The van der Waals surface area contributed by atoms with Gasteiger partial charge in [0.05, 0.1) is 19.8 Å². The summed E-state index contributed by atoms with van der Waals surface area (Å²) >= 11 is 0. The molecule has 464 valence electrons. The summed E-state index contributed by atoms with van der Waals surface area (Å²) in [6, 6.07) is 4.05. The Hall–Kier alpha value is -5.48. The largest absolute Gasteiger partial charge is 0.481 e. The highest BCUT2D eigenvalue weighted by molar-refractivity contribution is 7.61. The summed E-state index contributed by atoms with van der Waals surface area (Å²) < 4.78 is 56.3. The number of nitrogens with one attached hydrogen (secondary N) is 4. The van der Waals surface area contributed by atoms with Gasteiger partial charge in [-0.25, -0.2) is 23.5 Å². The first kappa shape index (κ1) is 72.6. The molecular weight excluding hydrogens is 1110 g/mol. The number of carbonyl (C=O) groups excluding carboxylic acids is 8. The van der Waals surface area contributed by atoms with E-state index in [0.717, 1.165) is 24.2 Å². The van der Waals surface area contributed by atoms with Gasteiger partial charge >= 0.3 is 33.7 Å². The summed E-state index contributed by atoms with van der Waals surface area (Å²) in [5.74, 6) is -6.69. The van der Waals surface area contributed by atoms with Gasteiger partial charge in [0.25, 0.3) is 5.91 Å². The molecule has 1 heterocycles. The van der Waals surface area contributed by atoms with Crippen LogP contribution in [0.15, 0.2) is 53.6 Å². The first-order chi connectivity index (χ1) is 38.5. The standard InChI is InChI=1S/C56H92N6O18P2/c1-14-17-18-24-31-75-81(71,72)80-82(73,74)76-32-25-20-23-30-57-56(70)78-45-29-28-39(8)54(68)77-46(33-36(4)5)50(64)58-41(10)52(66)62(13)44(34-43-26-21-19-22-27-43)53(67)61(12)35-47(63)60-48(37(6)15-2)51(65)59-42(11)55(69)79-49(40(45)9)38(7)16-3/h16,19,21-22,26-28,36-37,40-42,44-46,48-49H,14-15,17-18,20,23-25,29-35H2,1-13H3,(H,57,70)(H,58,64)(H,59,65)(H,60,63)(H,71,72)(H,73,74)/b38-16+,39-28+/t37?,40-,41-,42+,44+,45-,46+,48-,49+/m0/s1. The van der Waals surface area contributed by atoms with Crippen molar-refractivity contribution in [2.45, 2.75) is 189 Å². The van der Waals surface area contributed by atoms with Crippen molar-refractivity contribution in [1.29, 1.82) is 0 Å². The van der Waals surface area contributed by atoms with Gasteiger partial charge in [-0.1, -0.05) is 110 Å². The molecule has 3 unspecified atom stereocenters. The van der Waals surface area contributed by atoms with Gasteiger partial charge < -0.3 is 55.1 Å². The normalized spacial score (nSPS) is 25.5. The summed E-state index contributed by atoms with van der Waals surface area (Å²) in [6.07, 6.45) is 2.92. The molecule has 24 nitrogen and oxygen atoms in total. The van der Waals surface area contributed by atoms with Crippen molar-refractivity contribution in [3.05, 3.63) is 59.2 Å². The fourth-order valence-corrected chi connectivity index (χ4v) is 10.7. The first-order valence-corrected chi connectivity index (χ1v) is 31.2. The van der Waals surface area contributed by atoms with Crippen LogP contribution in [0.2, 0.25) is 0 Å². The zero-order valence-electron chi connectivity index (χ0n) is 50.1. The Kier molecular flexibility index (Phi) is 32.1. The summed E-state index contributed by atoms with van der Waals surface area (Å²) in [7, 11) is -7.03. The minimum Gasteiger partial charge on any atom is -0.456 e. The van der Waals surface area contributed by atoms with E-state index in [9.17, 15) is 57.3 Å². The molecule has 0 aromatic heterocycles. The lowest BCUT2D eigenvalue weighted by atomic mass is 9.90. The van der Waals surface area contributed by atoms with Crippen LogP contribution in [0.4, 0.5) is 4.79 Å². The lowest BCUT2D eigenvalue weighted by molar-refractivity contribution is -0.155. The quantitative estimate of drug-likeness (QED) is 0.0212. The maximum absolute atomic E-state index is 14.3. The zero-order chi connectivity index (χ0) is 61.9. The highest BCUT2D eigenvalue weighted by Gasteiger charge is 2.39.